The van der Waals surface area contributed by atoms with Crippen molar-refractivity contribution in [2.45, 2.75) is 44.9 Å². The summed E-state index contributed by atoms with van der Waals surface area (Å²) in [6, 6.07) is 0. The van der Waals surface area contributed by atoms with E-state index in [0.717, 1.165) is 25.9 Å². The van der Waals surface area contributed by atoms with Crippen LogP contribution in [-0.4, -0.2) is 33.9 Å². The molecule has 1 aromatic heterocycles. The Kier molecular flexibility index (Phi) is 4.05. The van der Waals surface area contributed by atoms with Crippen LogP contribution >= 0.6 is 0 Å². The van der Waals surface area contributed by atoms with E-state index in [-0.39, 0.29) is 5.91 Å². The number of rotatable bonds is 2. The molecule has 1 spiro atoms. The first-order chi connectivity index (χ1) is 10.2. The Balaban J connectivity index is 1.64. The van der Waals surface area contributed by atoms with Crippen molar-refractivity contribution in [2.24, 2.45) is 11.3 Å². The number of carbonyl (C=O) groups excluding carboxylic acids is 1. The van der Waals surface area contributed by atoms with Crippen molar-refractivity contribution in [1.29, 1.82) is 0 Å². The van der Waals surface area contributed by atoms with Gasteiger partial charge in [-0.2, -0.15) is 0 Å². The van der Waals surface area contributed by atoms with Gasteiger partial charge in [0.2, 0.25) is 0 Å². The van der Waals surface area contributed by atoms with E-state index in [4.69, 9.17) is 5.84 Å². The van der Waals surface area contributed by atoms with Gasteiger partial charge >= 0.3 is 0 Å². The van der Waals surface area contributed by atoms with Crippen LogP contribution in [0, 0.1) is 5.41 Å². The summed E-state index contributed by atoms with van der Waals surface area (Å²) in [5.41, 5.74) is 3.29. The quantitative estimate of drug-likeness (QED) is 0.642. The van der Waals surface area contributed by atoms with Crippen LogP contribution < -0.4 is 11.3 Å². The molecule has 2 fully saturated rings. The Morgan fingerprint density at radius 2 is 1.86 bits per heavy atom. The van der Waals surface area contributed by atoms with Crippen molar-refractivity contribution in [3.05, 3.63) is 18.1 Å². The fourth-order valence-corrected chi connectivity index (χ4v) is 3.69. The van der Waals surface area contributed by atoms with E-state index >= 15 is 0 Å². The van der Waals surface area contributed by atoms with Gasteiger partial charge in [0.1, 0.15) is 5.69 Å². The molecule has 2 heterocycles. The second-order valence-corrected chi connectivity index (χ2v) is 6.29. The third kappa shape index (κ3) is 3.00. The third-order valence-corrected chi connectivity index (χ3v) is 5.03. The number of nitrogens with one attached hydrogen (secondary N) is 1. The highest BCUT2D eigenvalue weighted by Gasteiger charge is 2.37. The Labute approximate surface area is 125 Å². The molecule has 21 heavy (non-hydrogen) atoms. The van der Waals surface area contributed by atoms with Crippen LogP contribution in [0.3, 0.4) is 0 Å². The van der Waals surface area contributed by atoms with Crippen molar-refractivity contribution in [3.63, 3.8) is 0 Å². The molecule has 1 amide bonds. The van der Waals surface area contributed by atoms with Gasteiger partial charge in [0.25, 0.3) is 5.91 Å². The standard InChI is InChI=1S/C15H23N5O/c16-19-13-11-17-10-12(18-13)14(21)20-8-6-15(7-9-20)4-2-1-3-5-15/h10-11H,1-9,16H2,(H,18,19). The molecule has 3 rings (SSSR count). The van der Waals surface area contributed by atoms with Gasteiger partial charge in [-0.05, 0) is 31.1 Å². The first kappa shape index (κ1) is 14.3. The summed E-state index contributed by atoms with van der Waals surface area (Å²) in [7, 11) is 0. The van der Waals surface area contributed by atoms with Crippen molar-refractivity contribution in [1.82, 2.24) is 14.9 Å². The number of anilines is 1. The molecule has 1 aromatic rings. The average Bonchev–Trinajstić information content (AvgIpc) is 2.56. The zero-order chi connectivity index (χ0) is 14.7. The smallest absolute Gasteiger partial charge is 0.274 e. The van der Waals surface area contributed by atoms with Crippen molar-refractivity contribution in [2.75, 3.05) is 18.5 Å². The molecule has 1 saturated carbocycles. The molecule has 3 N–H and O–H groups in total. The minimum absolute atomic E-state index is 0.0368. The number of carbonyl (C=O) groups is 1. The van der Waals surface area contributed by atoms with E-state index in [9.17, 15) is 4.79 Å². The summed E-state index contributed by atoms with van der Waals surface area (Å²) in [6.45, 7) is 1.67. The Morgan fingerprint density at radius 3 is 2.52 bits per heavy atom. The van der Waals surface area contributed by atoms with Crippen LogP contribution in [0.1, 0.15) is 55.4 Å². The lowest BCUT2D eigenvalue weighted by Crippen LogP contribution is -2.44. The molecule has 0 aromatic carbocycles. The predicted octanol–water partition coefficient (Wildman–Crippen LogP) is 1.95. The molecular formula is C15H23N5O. The maximum atomic E-state index is 12.5. The number of amides is 1. The lowest BCUT2D eigenvalue weighted by Gasteiger charge is -2.44. The molecule has 0 radical (unpaired) electrons. The molecule has 1 saturated heterocycles. The van der Waals surface area contributed by atoms with E-state index in [1.165, 1.54) is 44.5 Å². The summed E-state index contributed by atoms with van der Waals surface area (Å²) < 4.78 is 0. The van der Waals surface area contributed by atoms with Gasteiger partial charge in [0.05, 0.1) is 12.4 Å². The molecule has 6 nitrogen and oxygen atoms in total. The molecule has 1 aliphatic carbocycles. The maximum absolute atomic E-state index is 12.5. The van der Waals surface area contributed by atoms with Crippen LogP contribution in [0.5, 0.6) is 0 Å². The Morgan fingerprint density at radius 1 is 1.14 bits per heavy atom. The molecular weight excluding hydrogens is 266 g/mol. The van der Waals surface area contributed by atoms with E-state index in [1.54, 1.807) is 0 Å². The number of hydrazine groups is 1. The van der Waals surface area contributed by atoms with E-state index in [2.05, 4.69) is 15.4 Å². The first-order valence-electron chi connectivity index (χ1n) is 7.80. The minimum Gasteiger partial charge on any atom is -0.337 e. The fraction of sp³-hybridized carbons (Fsp3) is 0.667. The average molecular weight is 289 g/mol. The predicted molar refractivity (Wildman–Crippen MR) is 80.5 cm³/mol. The van der Waals surface area contributed by atoms with Gasteiger partial charge in [-0.15, -0.1) is 0 Å². The van der Waals surface area contributed by atoms with Gasteiger partial charge in [-0.25, -0.2) is 10.8 Å². The normalized spacial score (nSPS) is 21.3. The highest BCUT2D eigenvalue weighted by Crippen LogP contribution is 2.44. The second kappa shape index (κ2) is 5.97. The number of piperidine rings is 1. The SMILES string of the molecule is NNc1cncc(C(=O)N2CCC3(CCCCC3)CC2)n1. The van der Waals surface area contributed by atoms with Crippen molar-refractivity contribution >= 4 is 11.7 Å². The van der Waals surface area contributed by atoms with Gasteiger partial charge in [0.15, 0.2) is 5.82 Å². The summed E-state index contributed by atoms with van der Waals surface area (Å²) in [5.74, 6) is 5.69. The van der Waals surface area contributed by atoms with Crippen LogP contribution in [-0.2, 0) is 0 Å². The number of hydrogen-bond acceptors (Lipinski definition) is 5. The Bertz CT molecular complexity index is 503. The molecule has 2 aliphatic rings. The van der Waals surface area contributed by atoms with Crippen LogP contribution in [0.2, 0.25) is 0 Å². The number of likely N-dealkylation sites (tertiary alicyclic amines) is 1. The van der Waals surface area contributed by atoms with Gasteiger partial charge < -0.3 is 10.3 Å². The van der Waals surface area contributed by atoms with Gasteiger partial charge in [-0.3, -0.25) is 9.78 Å². The lowest BCUT2D eigenvalue weighted by molar-refractivity contribution is 0.0467. The summed E-state index contributed by atoms with van der Waals surface area (Å²) in [4.78, 5) is 22.6. The minimum atomic E-state index is -0.0368. The number of aromatic nitrogens is 2. The number of nitrogen functional groups attached to an aromatic ring is 1. The molecule has 0 unspecified atom stereocenters. The first-order valence-corrected chi connectivity index (χ1v) is 7.80. The number of nitrogens with zero attached hydrogens (tertiary/aromatic N) is 3. The lowest BCUT2D eigenvalue weighted by atomic mass is 9.68. The van der Waals surface area contributed by atoms with Gasteiger partial charge in [-0.1, -0.05) is 19.3 Å². The summed E-state index contributed by atoms with van der Waals surface area (Å²) in [5, 5.41) is 0. The molecule has 0 bridgehead atoms. The van der Waals surface area contributed by atoms with Crippen LogP contribution in [0.15, 0.2) is 12.4 Å². The van der Waals surface area contributed by atoms with E-state index < -0.39 is 0 Å². The summed E-state index contributed by atoms with van der Waals surface area (Å²) in [6.07, 6.45) is 12.0. The zero-order valence-corrected chi connectivity index (χ0v) is 12.3. The van der Waals surface area contributed by atoms with Crippen molar-refractivity contribution < 1.29 is 4.79 Å². The Hall–Kier alpha value is -1.69. The monoisotopic (exact) mass is 289 g/mol. The van der Waals surface area contributed by atoms with Crippen LogP contribution in [0.25, 0.3) is 0 Å². The summed E-state index contributed by atoms with van der Waals surface area (Å²) >= 11 is 0. The van der Waals surface area contributed by atoms with Gasteiger partial charge in [0, 0.05) is 13.1 Å². The largest absolute Gasteiger partial charge is 0.337 e. The number of hydrogen-bond donors (Lipinski definition) is 2. The van der Waals surface area contributed by atoms with E-state index in [1.807, 2.05) is 4.90 Å². The maximum Gasteiger partial charge on any atom is 0.274 e. The molecule has 1 aliphatic heterocycles. The molecule has 6 heteroatoms. The van der Waals surface area contributed by atoms with Crippen LogP contribution in [0.4, 0.5) is 5.82 Å². The molecule has 0 atom stereocenters. The zero-order valence-electron chi connectivity index (χ0n) is 12.3. The number of nitrogens with two attached hydrogens (primary N) is 1. The second-order valence-electron chi connectivity index (χ2n) is 6.29. The highest BCUT2D eigenvalue weighted by molar-refractivity contribution is 5.92. The fourth-order valence-electron chi connectivity index (χ4n) is 3.69. The molecule has 114 valence electrons. The van der Waals surface area contributed by atoms with Crippen molar-refractivity contribution in [3.8, 4) is 0 Å². The topological polar surface area (TPSA) is 84.1 Å². The highest BCUT2D eigenvalue weighted by atomic mass is 16.2. The third-order valence-electron chi connectivity index (χ3n) is 5.03. The van der Waals surface area contributed by atoms with E-state index in [0.29, 0.717) is 16.9 Å².